The number of carbonyl (C=O) groups excluding carboxylic acids is 1. The molecule has 34 heavy (non-hydrogen) atoms. The van der Waals surface area contributed by atoms with E-state index < -0.39 is 0 Å². The van der Waals surface area contributed by atoms with Crippen LogP contribution in [-0.4, -0.2) is 64.1 Å². The monoisotopic (exact) mass is 477 g/mol. The number of aromatic amines is 1. The van der Waals surface area contributed by atoms with Crippen LogP contribution in [-0.2, 0) is 11.2 Å². The molecular weight excluding hydrogens is 446 g/mol. The van der Waals surface area contributed by atoms with Gasteiger partial charge < -0.3 is 15.1 Å². The molecule has 0 radical (unpaired) electrons. The van der Waals surface area contributed by atoms with Crippen molar-refractivity contribution in [3.8, 4) is 0 Å². The van der Waals surface area contributed by atoms with E-state index in [0.29, 0.717) is 23.3 Å². The van der Waals surface area contributed by atoms with Crippen molar-refractivity contribution < 1.29 is 4.79 Å². The number of aromatic nitrogens is 4. The summed E-state index contributed by atoms with van der Waals surface area (Å²) >= 11 is 1.54. The minimum atomic E-state index is 0.298. The summed E-state index contributed by atoms with van der Waals surface area (Å²) in [5, 5.41) is 11.4. The number of carbonyl (C=O) groups is 1. The van der Waals surface area contributed by atoms with Gasteiger partial charge in [0.2, 0.25) is 0 Å². The number of hydrogen-bond donors (Lipinski definition) is 2. The first-order chi connectivity index (χ1) is 16.4. The zero-order chi connectivity index (χ0) is 23.7. The lowest BCUT2D eigenvalue weighted by atomic mass is 10.1. The Bertz CT molecular complexity index is 1160. The number of hydrogen-bond acceptors (Lipinski definition) is 8. The van der Waals surface area contributed by atoms with Crippen molar-refractivity contribution in [3.63, 3.8) is 0 Å². The number of nitrogens with zero attached hydrogens (tertiary/aromatic N) is 5. The number of benzene rings is 1. The van der Waals surface area contributed by atoms with Crippen LogP contribution in [0.25, 0.3) is 0 Å². The van der Waals surface area contributed by atoms with E-state index in [1.807, 2.05) is 25.1 Å². The quantitative estimate of drug-likeness (QED) is 0.471. The predicted octanol–water partition coefficient (Wildman–Crippen LogP) is 3.98. The lowest BCUT2D eigenvalue weighted by Gasteiger charge is -2.34. The first-order valence-corrected chi connectivity index (χ1v) is 12.7. The number of anilines is 3. The maximum absolute atomic E-state index is 12.1. The second kappa shape index (κ2) is 9.76. The van der Waals surface area contributed by atoms with Crippen LogP contribution < -0.4 is 10.2 Å². The third-order valence-corrected chi connectivity index (χ3v) is 7.27. The minimum absolute atomic E-state index is 0.298. The standard InChI is InChI=1S/C25H31N7OS/c1-16-14-22(30-29-16)26-23-17(2)24(32-12-10-31(3)11-13-32)28-25(27-23)34-20-8-4-18(5-9-20)15-21(33)19-6-7-19/h4-5,8-9,14,19H,6-7,10-13,15H2,1-3H3,(H2,26,27,28,29,30). The average Bonchev–Trinajstić information content (AvgIpc) is 3.60. The normalized spacial score (nSPS) is 16.6. The van der Waals surface area contributed by atoms with Crippen LogP contribution in [0.4, 0.5) is 17.5 Å². The van der Waals surface area contributed by atoms with Gasteiger partial charge in [-0.25, -0.2) is 9.97 Å². The molecule has 3 heterocycles. The second-order valence-corrected chi connectivity index (χ2v) is 10.4. The van der Waals surface area contributed by atoms with Gasteiger partial charge >= 0.3 is 0 Å². The number of ketones is 1. The fourth-order valence-corrected chi connectivity index (χ4v) is 4.87. The largest absolute Gasteiger partial charge is 0.354 e. The molecule has 2 aromatic heterocycles. The summed E-state index contributed by atoms with van der Waals surface area (Å²) in [5.41, 5.74) is 3.08. The number of likely N-dealkylation sites (N-methyl/N-ethyl adjacent to an activating group) is 1. The summed E-state index contributed by atoms with van der Waals surface area (Å²) < 4.78 is 0. The van der Waals surface area contributed by atoms with E-state index in [9.17, 15) is 4.79 Å². The molecule has 0 bridgehead atoms. The predicted molar refractivity (Wildman–Crippen MR) is 135 cm³/mol. The van der Waals surface area contributed by atoms with E-state index in [4.69, 9.17) is 9.97 Å². The molecule has 9 heteroatoms. The molecule has 8 nitrogen and oxygen atoms in total. The summed E-state index contributed by atoms with van der Waals surface area (Å²) in [6, 6.07) is 10.2. The Balaban J connectivity index is 1.39. The number of aryl methyl sites for hydroxylation is 1. The summed E-state index contributed by atoms with van der Waals surface area (Å²) in [7, 11) is 2.15. The molecule has 1 aromatic carbocycles. The maximum atomic E-state index is 12.1. The molecule has 3 aromatic rings. The molecule has 1 saturated heterocycles. The van der Waals surface area contributed by atoms with E-state index in [-0.39, 0.29) is 0 Å². The molecule has 5 rings (SSSR count). The van der Waals surface area contributed by atoms with Crippen molar-refractivity contribution in [3.05, 3.63) is 47.2 Å². The van der Waals surface area contributed by atoms with Gasteiger partial charge in [0.25, 0.3) is 0 Å². The summed E-state index contributed by atoms with van der Waals surface area (Å²) in [6.07, 6.45) is 2.64. The third kappa shape index (κ3) is 5.42. The summed E-state index contributed by atoms with van der Waals surface area (Å²) in [6.45, 7) is 7.92. The first-order valence-electron chi connectivity index (χ1n) is 11.9. The van der Waals surface area contributed by atoms with Crippen molar-refractivity contribution in [2.24, 2.45) is 5.92 Å². The number of nitrogens with one attached hydrogen (secondary N) is 2. The van der Waals surface area contributed by atoms with E-state index >= 15 is 0 Å². The van der Waals surface area contributed by atoms with Gasteiger partial charge in [0.05, 0.1) is 0 Å². The lowest BCUT2D eigenvalue weighted by molar-refractivity contribution is -0.119. The van der Waals surface area contributed by atoms with Gasteiger partial charge in [-0.15, -0.1) is 0 Å². The van der Waals surface area contributed by atoms with Gasteiger partial charge in [0.15, 0.2) is 11.0 Å². The van der Waals surface area contributed by atoms with Crippen LogP contribution >= 0.6 is 11.8 Å². The van der Waals surface area contributed by atoms with Gasteiger partial charge in [0.1, 0.15) is 17.4 Å². The Kier molecular flexibility index (Phi) is 6.56. The molecule has 2 N–H and O–H groups in total. The van der Waals surface area contributed by atoms with Gasteiger partial charge in [-0.05, 0) is 63.2 Å². The zero-order valence-electron chi connectivity index (χ0n) is 20.0. The van der Waals surface area contributed by atoms with E-state index in [1.54, 1.807) is 0 Å². The molecule has 2 aliphatic rings. The van der Waals surface area contributed by atoms with Crippen LogP contribution in [0.15, 0.2) is 40.4 Å². The number of Topliss-reactive ketones (excluding diaryl/α,β-unsaturated/α-hetero) is 1. The molecule has 178 valence electrons. The van der Waals surface area contributed by atoms with E-state index in [2.05, 4.69) is 51.4 Å². The Morgan fingerprint density at radius 3 is 2.50 bits per heavy atom. The van der Waals surface area contributed by atoms with Gasteiger partial charge in [-0.2, -0.15) is 5.10 Å². The number of piperazine rings is 1. The topological polar surface area (TPSA) is 90.0 Å². The fraction of sp³-hybridized carbons (Fsp3) is 0.440. The van der Waals surface area contributed by atoms with Gasteiger partial charge in [-0.3, -0.25) is 9.89 Å². The zero-order valence-corrected chi connectivity index (χ0v) is 20.8. The number of H-pyrrole nitrogens is 1. The minimum Gasteiger partial charge on any atom is -0.354 e. The molecule has 1 aliphatic heterocycles. The van der Waals surface area contributed by atoms with E-state index in [0.717, 1.165) is 78.2 Å². The highest BCUT2D eigenvalue weighted by Crippen LogP contribution is 2.34. The van der Waals surface area contributed by atoms with Crippen LogP contribution in [0.1, 0.15) is 29.7 Å². The number of rotatable bonds is 8. The highest BCUT2D eigenvalue weighted by Gasteiger charge is 2.29. The average molecular weight is 478 g/mol. The smallest absolute Gasteiger partial charge is 0.196 e. The van der Waals surface area contributed by atoms with Crippen LogP contribution in [0.3, 0.4) is 0 Å². The molecule has 0 amide bonds. The molecule has 1 aliphatic carbocycles. The summed E-state index contributed by atoms with van der Waals surface area (Å²) in [5.74, 6) is 3.14. The highest BCUT2D eigenvalue weighted by atomic mass is 32.2. The fourth-order valence-electron chi connectivity index (χ4n) is 4.11. The summed E-state index contributed by atoms with van der Waals surface area (Å²) in [4.78, 5) is 27.7. The van der Waals surface area contributed by atoms with Crippen LogP contribution in [0, 0.1) is 19.8 Å². The van der Waals surface area contributed by atoms with Crippen LogP contribution in [0.5, 0.6) is 0 Å². The first kappa shape index (κ1) is 22.9. The van der Waals surface area contributed by atoms with Crippen molar-refractivity contribution in [2.75, 3.05) is 43.4 Å². The third-order valence-electron chi connectivity index (χ3n) is 6.40. The Morgan fingerprint density at radius 1 is 1.12 bits per heavy atom. The second-order valence-electron chi connectivity index (χ2n) is 9.32. The maximum Gasteiger partial charge on any atom is 0.196 e. The van der Waals surface area contributed by atoms with Gasteiger partial charge in [-0.1, -0.05) is 12.1 Å². The molecule has 0 spiro atoms. The van der Waals surface area contributed by atoms with Crippen molar-refractivity contribution in [2.45, 2.75) is 43.2 Å². The van der Waals surface area contributed by atoms with Gasteiger partial charge in [0, 0.05) is 60.7 Å². The van der Waals surface area contributed by atoms with Crippen LogP contribution in [0.2, 0.25) is 0 Å². The van der Waals surface area contributed by atoms with Crippen molar-refractivity contribution >= 4 is 35.0 Å². The Labute approximate surface area is 204 Å². The van der Waals surface area contributed by atoms with E-state index in [1.165, 1.54) is 11.8 Å². The van der Waals surface area contributed by atoms with Crippen molar-refractivity contribution in [1.82, 2.24) is 25.1 Å². The Hall–Kier alpha value is -2.91. The molecule has 2 fully saturated rings. The molecular formula is C25H31N7OS. The van der Waals surface area contributed by atoms with Crippen molar-refractivity contribution in [1.29, 1.82) is 0 Å². The molecule has 0 unspecified atom stereocenters. The SMILES string of the molecule is Cc1cc(Nc2nc(Sc3ccc(CC(=O)C4CC4)cc3)nc(N3CCN(C)CC3)c2C)n[nH]1. The lowest BCUT2D eigenvalue weighted by Crippen LogP contribution is -2.45. The Morgan fingerprint density at radius 2 is 1.85 bits per heavy atom. The molecule has 1 saturated carbocycles. The highest BCUT2D eigenvalue weighted by molar-refractivity contribution is 7.99. The molecule has 0 atom stereocenters.